The van der Waals surface area contributed by atoms with Gasteiger partial charge in [0, 0.05) is 5.39 Å². The highest BCUT2D eigenvalue weighted by Gasteiger charge is 2.19. The number of nitrogens with one attached hydrogen (secondary N) is 2. The molecule has 0 spiro atoms. The number of amides is 1. The molecular weight excluding hydrogens is 302 g/mol. The Labute approximate surface area is 141 Å². The number of fused-ring (bicyclic) bond motifs is 1. The number of aromatic nitrogens is 2. The highest BCUT2D eigenvalue weighted by atomic mass is 16.5. The molecule has 0 unspecified atom stereocenters. The Kier molecular flexibility index (Phi) is 4.25. The predicted octanol–water partition coefficient (Wildman–Crippen LogP) is 3.88. The molecule has 0 bridgehead atoms. The van der Waals surface area contributed by atoms with Gasteiger partial charge in [-0.1, -0.05) is 51.1 Å². The molecule has 0 aliphatic carbocycles. The maximum Gasteiger partial charge on any atom is 0.262 e. The predicted molar refractivity (Wildman–Crippen MR) is 95.4 cm³/mol. The number of para-hydroxylation sites is 2. The summed E-state index contributed by atoms with van der Waals surface area (Å²) >= 11 is 0. The van der Waals surface area contributed by atoms with Crippen LogP contribution < -0.4 is 10.1 Å². The lowest BCUT2D eigenvalue weighted by Gasteiger charge is -2.22. The molecule has 0 aliphatic rings. The van der Waals surface area contributed by atoms with Crippen LogP contribution in [0.1, 0.15) is 26.3 Å². The summed E-state index contributed by atoms with van der Waals surface area (Å²) in [5, 5.41) is 10.7. The minimum atomic E-state index is -0.208. The summed E-state index contributed by atoms with van der Waals surface area (Å²) in [5.74, 6) is 0.528. The molecule has 0 radical (unpaired) electrons. The van der Waals surface area contributed by atoms with Crippen LogP contribution in [0.15, 0.2) is 48.7 Å². The van der Waals surface area contributed by atoms with E-state index in [0.717, 1.165) is 22.2 Å². The summed E-state index contributed by atoms with van der Waals surface area (Å²) in [6.45, 7) is 6.31. The molecule has 1 amide bonds. The van der Waals surface area contributed by atoms with Gasteiger partial charge in [-0.05, 0) is 23.1 Å². The minimum Gasteiger partial charge on any atom is -0.483 e. The van der Waals surface area contributed by atoms with Crippen molar-refractivity contribution in [2.75, 3.05) is 11.9 Å². The number of nitrogens with zero attached hydrogens (tertiary/aromatic N) is 1. The van der Waals surface area contributed by atoms with Crippen molar-refractivity contribution in [1.82, 2.24) is 10.2 Å². The molecule has 1 aromatic heterocycles. The zero-order chi connectivity index (χ0) is 17.2. The molecule has 2 N–H and O–H groups in total. The summed E-state index contributed by atoms with van der Waals surface area (Å²) in [7, 11) is 0. The van der Waals surface area contributed by atoms with Crippen molar-refractivity contribution < 1.29 is 9.53 Å². The number of benzene rings is 2. The van der Waals surface area contributed by atoms with Gasteiger partial charge in [-0.3, -0.25) is 9.89 Å². The van der Waals surface area contributed by atoms with Crippen molar-refractivity contribution in [3.8, 4) is 5.75 Å². The molecule has 124 valence electrons. The summed E-state index contributed by atoms with van der Waals surface area (Å²) < 4.78 is 5.75. The Bertz CT molecular complexity index is 862. The van der Waals surface area contributed by atoms with Crippen LogP contribution in [-0.4, -0.2) is 22.7 Å². The molecule has 0 saturated heterocycles. The van der Waals surface area contributed by atoms with E-state index in [1.54, 1.807) is 6.20 Å². The molecule has 0 fully saturated rings. The van der Waals surface area contributed by atoms with Crippen molar-refractivity contribution in [2.24, 2.45) is 0 Å². The van der Waals surface area contributed by atoms with Crippen molar-refractivity contribution in [1.29, 1.82) is 0 Å². The van der Waals surface area contributed by atoms with Crippen molar-refractivity contribution in [2.45, 2.75) is 26.2 Å². The molecule has 0 aliphatic heterocycles. The first-order valence-electron chi connectivity index (χ1n) is 7.89. The summed E-state index contributed by atoms with van der Waals surface area (Å²) in [4.78, 5) is 12.2. The van der Waals surface area contributed by atoms with Crippen LogP contribution in [0.25, 0.3) is 10.9 Å². The van der Waals surface area contributed by atoms with Crippen LogP contribution in [0.3, 0.4) is 0 Å². The number of aromatic amines is 1. The molecule has 0 atom stereocenters. The van der Waals surface area contributed by atoms with Gasteiger partial charge in [0.2, 0.25) is 0 Å². The molecule has 3 aromatic rings. The van der Waals surface area contributed by atoms with E-state index in [1.165, 1.54) is 0 Å². The molecule has 0 saturated carbocycles. The van der Waals surface area contributed by atoms with E-state index in [2.05, 4.69) is 36.3 Å². The Balaban J connectivity index is 1.70. The second-order valence-electron chi connectivity index (χ2n) is 6.72. The quantitative estimate of drug-likeness (QED) is 0.766. The number of ether oxygens (including phenoxy) is 1. The fourth-order valence-electron chi connectivity index (χ4n) is 2.61. The van der Waals surface area contributed by atoms with Gasteiger partial charge >= 0.3 is 0 Å². The molecule has 5 heteroatoms. The summed E-state index contributed by atoms with van der Waals surface area (Å²) in [6.07, 6.45) is 1.72. The third-order valence-electron chi connectivity index (χ3n) is 3.80. The number of hydrogen-bond acceptors (Lipinski definition) is 3. The number of anilines is 1. The van der Waals surface area contributed by atoms with E-state index in [-0.39, 0.29) is 17.9 Å². The molecule has 2 aromatic carbocycles. The van der Waals surface area contributed by atoms with Gasteiger partial charge in [0.1, 0.15) is 5.75 Å². The lowest BCUT2D eigenvalue weighted by atomic mass is 9.86. The van der Waals surface area contributed by atoms with E-state index in [1.807, 2.05) is 42.5 Å². The van der Waals surface area contributed by atoms with Gasteiger partial charge in [-0.15, -0.1) is 0 Å². The molecule has 3 rings (SSSR count). The summed E-state index contributed by atoms with van der Waals surface area (Å²) in [5.41, 5.74) is 2.53. The zero-order valence-electron chi connectivity index (χ0n) is 14.1. The highest BCUT2D eigenvalue weighted by Crippen LogP contribution is 2.31. The van der Waals surface area contributed by atoms with Crippen molar-refractivity contribution >= 4 is 22.5 Å². The zero-order valence-corrected chi connectivity index (χ0v) is 14.1. The lowest BCUT2D eigenvalue weighted by molar-refractivity contribution is -0.118. The third-order valence-corrected chi connectivity index (χ3v) is 3.80. The minimum absolute atomic E-state index is 0.0440. The monoisotopic (exact) mass is 323 g/mol. The first kappa shape index (κ1) is 16.1. The van der Waals surface area contributed by atoms with Crippen LogP contribution in [0, 0.1) is 0 Å². The number of H-pyrrole nitrogens is 1. The summed E-state index contributed by atoms with van der Waals surface area (Å²) in [6, 6.07) is 13.5. The van der Waals surface area contributed by atoms with Crippen LogP contribution in [0.2, 0.25) is 0 Å². The molecule has 24 heavy (non-hydrogen) atoms. The second-order valence-corrected chi connectivity index (χ2v) is 6.72. The van der Waals surface area contributed by atoms with E-state index in [0.29, 0.717) is 5.69 Å². The lowest BCUT2D eigenvalue weighted by Crippen LogP contribution is -2.22. The Hall–Kier alpha value is -2.82. The van der Waals surface area contributed by atoms with Gasteiger partial charge in [-0.25, -0.2) is 0 Å². The number of carbonyl (C=O) groups excluding carboxylic acids is 1. The Morgan fingerprint density at radius 1 is 1.17 bits per heavy atom. The fraction of sp³-hybridized carbons (Fsp3) is 0.263. The van der Waals surface area contributed by atoms with Gasteiger partial charge in [-0.2, -0.15) is 5.10 Å². The topological polar surface area (TPSA) is 67.0 Å². The maximum atomic E-state index is 12.2. The van der Waals surface area contributed by atoms with Crippen molar-refractivity contribution in [3.63, 3.8) is 0 Å². The standard InChI is InChI=1S/C19H21N3O2/c1-19(2,3)14-8-4-5-10-16(14)24-12-17(23)21-15-9-6-7-13-11-20-22-18(13)15/h4-11H,12H2,1-3H3,(H,20,22)(H,21,23). The Morgan fingerprint density at radius 3 is 2.75 bits per heavy atom. The fourth-order valence-corrected chi connectivity index (χ4v) is 2.61. The SMILES string of the molecule is CC(C)(C)c1ccccc1OCC(=O)Nc1cccc2cn[nH]c12. The van der Waals surface area contributed by atoms with Crippen LogP contribution >= 0.6 is 0 Å². The van der Waals surface area contributed by atoms with Gasteiger partial charge in [0.25, 0.3) is 5.91 Å². The van der Waals surface area contributed by atoms with Gasteiger partial charge in [0.15, 0.2) is 6.61 Å². The number of hydrogen-bond donors (Lipinski definition) is 2. The van der Waals surface area contributed by atoms with Crippen LogP contribution in [-0.2, 0) is 10.2 Å². The number of rotatable bonds is 4. The van der Waals surface area contributed by atoms with Gasteiger partial charge < -0.3 is 10.1 Å². The van der Waals surface area contributed by atoms with E-state index in [4.69, 9.17) is 4.74 Å². The first-order valence-corrected chi connectivity index (χ1v) is 7.89. The normalized spacial score (nSPS) is 11.5. The molecule has 1 heterocycles. The highest BCUT2D eigenvalue weighted by molar-refractivity contribution is 6.00. The van der Waals surface area contributed by atoms with E-state index >= 15 is 0 Å². The largest absolute Gasteiger partial charge is 0.483 e. The van der Waals surface area contributed by atoms with Gasteiger partial charge in [0.05, 0.1) is 17.4 Å². The van der Waals surface area contributed by atoms with Crippen LogP contribution in [0.5, 0.6) is 5.75 Å². The average molecular weight is 323 g/mol. The second kappa shape index (κ2) is 6.35. The molecule has 5 nitrogen and oxygen atoms in total. The first-order chi connectivity index (χ1) is 11.4. The van der Waals surface area contributed by atoms with Crippen LogP contribution in [0.4, 0.5) is 5.69 Å². The third kappa shape index (κ3) is 3.40. The smallest absolute Gasteiger partial charge is 0.262 e. The molecular formula is C19H21N3O2. The maximum absolute atomic E-state index is 12.2. The average Bonchev–Trinajstić information content (AvgIpc) is 3.02. The van der Waals surface area contributed by atoms with Crippen molar-refractivity contribution in [3.05, 3.63) is 54.2 Å². The van der Waals surface area contributed by atoms with E-state index < -0.39 is 0 Å². The Morgan fingerprint density at radius 2 is 1.96 bits per heavy atom. The number of carbonyl (C=O) groups is 1. The van der Waals surface area contributed by atoms with E-state index in [9.17, 15) is 4.79 Å².